The molecule has 1 atom stereocenters. The van der Waals surface area contributed by atoms with E-state index in [2.05, 4.69) is 12.2 Å². The van der Waals surface area contributed by atoms with Crippen molar-refractivity contribution in [1.82, 2.24) is 5.32 Å². The Bertz CT molecular complexity index is 224. The molecule has 0 aliphatic heterocycles. The van der Waals surface area contributed by atoms with Crippen LogP contribution in [0.2, 0.25) is 0 Å². The molecule has 0 aromatic rings. The smallest absolute Gasteiger partial charge is 0.326 e. The molecule has 0 saturated heterocycles. The fourth-order valence-electron chi connectivity index (χ4n) is 2.66. The Morgan fingerprint density at radius 3 is 2.50 bits per heavy atom. The van der Waals surface area contributed by atoms with Crippen molar-refractivity contribution < 1.29 is 9.53 Å². The van der Waals surface area contributed by atoms with Crippen LogP contribution in [0.25, 0.3) is 0 Å². The zero-order chi connectivity index (χ0) is 12.0. The standard InChI is InChI=1S/C13H25NO2/c1-4-10-14-13(2,12(15)16-3)11-8-6-5-7-9-11/h11,14H,4-10H2,1-3H3. The first kappa shape index (κ1) is 13.5. The third kappa shape index (κ3) is 2.97. The van der Waals surface area contributed by atoms with E-state index < -0.39 is 5.54 Å². The van der Waals surface area contributed by atoms with Crippen LogP contribution in [0.4, 0.5) is 0 Å². The Hall–Kier alpha value is -0.570. The van der Waals surface area contributed by atoms with Crippen LogP contribution in [0.3, 0.4) is 0 Å². The van der Waals surface area contributed by atoms with Gasteiger partial charge in [0, 0.05) is 0 Å². The number of hydrogen-bond donors (Lipinski definition) is 1. The van der Waals surface area contributed by atoms with E-state index in [1.807, 2.05) is 6.92 Å². The summed E-state index contributed by atoms with van der Waals surface area (Å²) in [6, 6.07) is 0. The van der Waals surface area contributed by atoms with Crippen molar-refractivity contribution in [3.8, 4) is 0 Å². The Labute approximate surface area is 98.9 Å². The second-order valence-corrected chi connectivity index (χ2v) is 4.96. The topological polar surface area (TPSA) is 38.3 Å². The Morgan fingerprint density at radius 1 is 1.38 bits per heavy atom. The van der Waals surface area contributed by atoms with E-state index in [1.54, 1.807) is 0 Å². The first-order valence-corrected chi connectivity index (χ1v) is 6.48. The number of rotatable bonds is 5. The number of ether oxygens (including phenoxy) is 1. The maximum Gasteiger partial charge on any atom is 0.326 e. The van der Waals surface area contributed by atoms with Gasteiger partial charge in [-0.1, -0.05) is 26.2 Å². The Balaban J connectivity index is 2.71. The lowest BCUT2D eigenvalue weighted by Gasteiger charge is -2.38. The van der Waals surface area contributed by atoms with Crippen LogP contribution in [-0.4, -0.2) is 25.2 Å². The molecule has 3 nitrogen and oxygen atoms in total. The summed E-state index contributed by atoms with van der Waals surface area (Å²) in [5, 5.41) is 3.39. The number of carbonyl (C=O) groups is 1. The predicted octanol–water partition coefficient (Wildman–Crippen LogP) is 2.50. The highest BCUT2D eigenvalue weighted by Gasteiger charge is 2.41. The van der Waals surface area contributed by atoms with Gasteiger partial charge in [0.1, 0.15) is 5.54 Å². The van der Waals surface area contributed by atoms with E-state index in [1.165, 1.54) is 26.4 Å². The molecule has 0 radical (unpaired) electrons. The lowest BCUT2D eigenvalue weighted by atomic mass is 9.75. The summed E-state index contributed by atoms with van der Waals surface area (Å²) >= 11 is 0. The lowest BCUT2D eigenvalue weighted by molar-refractivity contribution is -0.151. The molecule has 1 N–H and O–H groups in total. The van der Waals surface area contributed by atoms with Gasteiger partial charge in [0.15, 0.2) is 0 Å². The van der Waals surface area contributed by atoms with Gasteiger partial charge in [-0.05, 0) is 38.6 Å². The minimum absolute atomic E-state index is 0.104. The average Bonchev–Trinajstić information content (AvgIpc) is 2.36. The summed E-state index contributed by atoms with van der Waals surface area (Å²) in [6.07, 6.45) is 7.11. The predicted molar refractivity (Wildman–Crippen MR) is 65.3 cm³/mol. The van der Waals surface area contributed by atoms with Crippen LogP contribution in [0.5, 0.6) is 0 Å². The summed E-state index contributed by atoms with van der Waals surface area (Å²) in [5.74, 6) is 0.327. The molecule has 1 aliphatic carbocycles. The fraction of sp³-hybridized carbons (Fsp3) is 0.923. The number of nitrogens with one attached hydrogen (secondary N) is 1. The molecule has 16 heavy (non-hydrogen) atoms. The summed E-state index contributed by atoms with van der Waals surface area (Å²) < 4.78 is 4.96. The molecule has 3 heteroatoms. The van der Waals surface area contributed by atoms with Crippen LogP contribution in [0, 0.1) is 5.92 Å². The molecule has 0 spiro atoms. The molecule has 0 aromatic heterocycles. The van der Waals surface area contributed by atoms with Crippen LogP contribution < -0.4 is 5.32 Å². The van der Waals surface area contributed by atoms with Crippen LogP contribution in [0.15, 0.2) is 0 Å². The highest BCUT2D eigenvalue weighted by Crippen LogP contribution is 2.33. The van der Waals surface area contributed by atoms with E-state index in [9.17, 15) is 4.79 Å². The summed E-state index contributed by atoms with van der Waals surface area (Å²) in [7, 11) is 1.48. The third-order valence-corrected chi connectivity index (χ3v) is 3.77. The molecule has 0 bridgehead atoms. The van der Waals surface area contributed by atoms with E-state index in [0.717, 1.165) is 25.8 Å². The molecule has 1 fully saturated rings. The van der Waals surface area contributed by atoms with Crippen molar-refractivity contribution in [2.24, 2.45) is 5.92 Å². The number of carbonyl (C=O) groups excluding carboxylic acids is 1. The second-order valence-electron chi connectivity index (χ2n) is 4.96. The van der Waals surface area contributed by atoms with Crippen LogP contribution in [-0.2, 0) is 9.53 Å². The molecule has 0 heterocycles. The summed E-state index contributed by atoms with van der Waals surface area (Å²) in [4.78, 5) is 12.0. The van der Waals surface area contributed by atoms with Crippen molar-refractivity contribution in [3.63, 3.8) is 0 Å². The van der Waals surface area contributed by atoms with Gasteiger partial charge in [-0.2, -0.15) is 0 Å². The van der Waals surface area contributed by atoms with Crippen molar-refractivity contribution in [2.75, 3.05) is 13.7 Å². The SMILES string of the molecule is CCCNC(C)(C(=O)OC)C1CCCCC1. The molecular formula is C13H25NO2. The Kier molecular flexibility index (Phi) is 5.26. The molecule has 1 unspecified atom stereocenters. The highest BCUT2D eigenvalue weighted by molar-refractivity contribution is 5.80. The zero-order valence-corrected chi connectivity index (χ0v) is 10.8. The van der Waals surface area contributed by atoms with Crippen molar-refractivity contribution in [2.45, 2.75) is 57.9 Å². The maximum absolute atomic E-state index is 12.0. The van der Waals surface area contributed by atoms with Gasteiger partial charge in [0.2, 0.25) is 0 Å². The largest absolute Gasteiger partial charge is 0.468 e. The van der Waals surface area contributed by atoms with Crippen molar-refractivity contribution in [3.05, 3.63) is 0 Å². The number of hydrogen-bond acceptors (Lipinski definition) is 3. The maximum atomic E-state index is 12.0. The van der Waals surface area contributed by atoms with E-state index >= 15 is 0 Å². The highest BCUT2D eigenvalue weighted by atomic mass is 16.5. The van der Waals surface area contributed by atoms with E-state index in [0.29, 0.717) is 5.92 Å². The molecule has 0 amide bonds. The molecule has 1 saturated carbocycles. The van der Waals surface area contributed by atoms with Gasteiger partial charge in [0.25, 0.3) is 0 Å². The van der Waals surface area contributed by atoms with Gasteiger partial charge in [-0.15, -0.1) is 0 Å². The quantitative estimate of drug-likeness (QED) is 0.733. The van der Waals surface area contributed by atoms with E-state index in [4.69, 9.17) is 4.74 Å². The van der Waals surface area contributed by atoms with Crippen molar-refractivity contribution in [1.29, 1.82) is 0 Å². The Morgan fingerprint density at radius 2 is 2.00 bits per heavy atom. The zero-order valence-electron chi connectivity index (χ0n) is 10.8. The van der Waals surface area contributed by atoms with Gasteiger partial charge in [-0.3, -0.25) is 4.79 Å². The first-order valence-electron chi connectivity index (χ1n) is 6.48. The van der Waals surface area contributed by atoms with Crippen LogP contribution in [0.1, 0.15) is 52.4 Å². The average molecular weight is 227 g/mol. The molecular weight excluding hydrogens is 202 g/mol. The second kappa shape index (κ2) is 6.24. The fourth-order valence-corrected chi connectivity index (χ4v) is 2.66. The summed E-state index contributed by atoms with van der Waals surface area (Å²) in [6.45, 7) is 5.00. The third-order valence-electron chi connectivity index (χ3n) is 3.77. The minimum atomic E-state index is -0.481. The molecule has 1 rings (SSSR count). The minimum Gasteiger partial charge on any atom is -0.468 e. The van der Waals surface area contributed by atoms with Gasteiger partial charge >= 0.3 is 5.97 Å². The number of esters is 1. The van der Waals surface area contributed by atoms with Gasteiger partial charge in [-0.25, -0.2) is 0 Å². The molecule has 94 valence electrons. The summed E-state index contributed by atoms with van der Waals surface area (Å²) in [5.41, 5.74) is -0.481. The van der Waals surface area contributed by atoms with Crippen LogP contribution >= 0.6 is 0 Å². The molecule has 1 aliphatic rings. The molecule has 0 aromatic carbocycles. The van der Waals surface area contributed by atoms with Gasteiger partial charge < -0.3 is 10.1 Å². The van der Waals surface area contributed by atoms with Gasteiger partial charge in [0.05, 0.1) is 7.11 Å². The lowest BCUT2D eigenvalue weighted by Crippen LogP contribution is -2.56. The normalized spacial score (nSPS) is 21.4. The van der Waals surface area contributed by atoms with E-state index in [-0.39, 0.29) is 5.97 Å². The monoisotopic (exact) mass is 227 g/mol. The number of methoxy groups -OCH3 is 1. The first-order chi connectivity index (χ1) is 7.65. The van der Waals surface area contributed by atoms with Crippen molar-refractivity contribution >= 4 is 5.97 Å².